The molecule has 0 heterocycles. The average Bonchev–Trinajstić information content (AvgIpc) is 2.35. The number of carbonyl (C=O) groups is 1. The highest BCUT2D eigenvalue weighted by Crippen LogP contribution is 2.08. The van der Waals surface area contributed by atoms with Crippen LogP contribution in [0.3, 0.4) is 0 Å². The Morgan fingerprint density at radius 2 is 1.82 bits per heavy atom. The zero-order valence-corrected chi connectivity index (χ0v) is 10.3. The SMILES string of the molecule is C=C/C=C\C(=C/C=C)C(O)C(N)C(=O)O.CC. The first-order valence-electron chi connectivity index (χ1n) is 5.32. The largest absolute Gasteiger partial charge is 0.480 e. The van der Waals surface area contributed by atoms with Crippen molar-refractivity contribution in [2.45, 2.75) is 26.0 Å². The van der Waals surface area contributed by atoms with Gasteiger partial charge in [0.25, 0.3) is 0 Å². The molecular weight excluding hydrogens is 218 g/mol. The maximum absolute atomic E-state index is 10.5. The lowest BCUT2D eigenvalue weighted by Crippen LogP contribution is -2.42. The molecule has 0 amide bonds. The Morgan fingerprint density at radius 1 is 1.29 bits per heavy atom. The van der Waals surface area contributed by atoms with Crippen molar-refractivity contribution < 1.29 is 15.0 Å². The lowest BCUT2D eigenvalue weighted by Gasteiger charge is -2.15. The average molecular weight is 239 g/mol. The molecule has 4 nitrogen and oxygen atoms in total. The molecule has 0 bridgehead atoms. The number of aliphatic hydroxyl groups excluding tert-OH is 1. The van der Waals surface area contributed by atoms with Gasteiger partial charge in [-0.15, -0.1) is 0 Å². The molecular formula is C13H21NO3. The summed E-state index contributed by atoms with van der Waals surface area (Å²) in [5, 5.41) is 18.2. The molecule has 4 heteroatoms. The Hall–Kier alpha value is -1.65. The molecule has 0 fully saturated rings. The lowest BCUT2D eigenvalue weighted by molar-refractivity contribution is -0.140. The highest BCUT2D eigenvalue weighted by molar-refractivity contribution is 5.74. The van der Waals surface area contributed by atoms with Gasteiger partial charge in [-0.25, -0.2) is 0 Å². The third kappa shape index (κ3) is 7.27. The summed E-state index contributed by atoms with van der Waals surface area (Å²) in [6.07, 6.45) is 6.29. The van der Waals surface area contributed by atoms with Crippen LogP contribution in [-0.2, 0) is 4.79 Å². The van der Waals surface area contributed by atoms with Crippen molar-refractivity contribution in [3.8, 4) is 0 Å². The smallest absolute Gasteiger partial charge is 0.323 e. The molecule has 0 aliphatic rings. The van der Waals surface area contributed by atoms with E-state index in [1.807, 2.05) is 13.8 Å². The molecule has 96 valence electrons. The first-order valence-corrected chi connectivity index (χ1v) is 5.32. The topological polar surface area (TPSA) is 83.5 Å². The number of rotatable bonds is 6. The van der Waals surface area contributed by atoms with E-state index in [-0.39, 0.29) is 0 Å². The number of allylic oxidation sites excluding steroid dienone is 4. The number of carboxylic acid groups (broad SMARTS) is 1. The Labute approximate surface area is 102 Å². The van der Waals surface area contributed by atoms with E-state index in [4.69, 9.17) is 10.8 Å². The summed E-state index contributed by atoms with van der Waals surface area (Å²) in [6, 6.07) is -1.36. The quantitative estimate of drug-likeness (QED) is 0.615. The van der Waals surface area contributed by atoms with E-state index in [0.29, 0.717) is 5.57 Å². The molecule has 0 spiro atoms. The normalized spacial score (nSPS) is 14.5. The Kier molecular flexibility index (Phi) is 11.3. The van der Waals surface area contributed by atoms with Crippen molar-refractivity contribution in [1.82, 2.24) is 0 Å². The summed E-state index contributed by atoms with van der Waals surface area (Å²) < 4.78 is 0. The highest BCUT2D eigenvalue weighted by Gasteiger charge is 2.23. The van der Waals surface area contributed by atoms with Crippen LogP contribution in [-0.4, -0.2) is 28.3 Å². The number of aliphatic carboxylic acids is 1. The molecule has 0 aromatic heterocycles. The van der Waals surface area contributed by atoms with Gasteiger partial charge in [-0.05, 0) is 5.57 Å². The predicted octanol–water partition coefficient (Wildman–Crippen LogP) is 1.64. The highest BCUT2D eigenvalue weighted by atomic mass is 16.4. The molecule has 2 atom stereocenters. The number of nitrogens with two attached hydrogens (primary N) is 1. The second-order valence-corrected chi connectivity index (χ2v) is 2.81. The van der Waals surface area contributed by atoms with Gasteiger partial charge >= 0.3 is 5.97 Å². The van der Waals surface area contributed by atoms with Crippen LogP contribution in [0.15, 0.2) is 49.1 Å². The first kappa shape index (κ1) is 17.7. The fraction of sp³-hybridized carbons (Fsp3) is 0.308. The molecule has 0 saturated heterocycles. The number of carboxylic acids is 1. The van der Waals surface area contributed by atoms with Gasteiger partial charge in [-0.2, -0.15) is 0 Å². The molecule has 0 aliphatic heterocycles. The molecule has 0 aromatic carbocycles. The number of aliphatic hydroxyl groups is 1. The van der Waals surface area contributed by atoms with Gasteiger partial charge in [-0.1, -0.05) is 57.4 Å². The van der Waals surface area contributed by atoms with Crippen molar-refractivity contribution in [2.75, 3.05) is 0 Å². The van der Waals surface area contributed by atoms with Crippen LogP contribution < -0.4 is 5.73 Å². The second-order valence-electron chi connectivity index (χ2n) is 2.81. The predicted molar refractivity (Wildman–Crippen MR) is 70.6 cm³/mol. The van der Waals surface area contributed by atoms with E-state index in [1.54, 1.807) is 6.08 Å². The van der Waals surface area contributed by atoms with Crippen LogP contribution in [0.25, 0.3) is 0 Å². The van der Waals surface area contributed by atoms with Crippen molar-refractivity contribution in [3.63, 3.8) is 0 Å². The zero-order chi connectivity index (χ0) is 13.8. The van der Waals surface area contributed by atoms with Gasteiger partial charge < -0.3 is 15.9 Å². The van der Waals surface area contributed by atoms with Crippen LogP contribution in [0.1, 0.15) is 13.8 Å². The third-order valence-corrected chi connectivity index (χ3v) is 1.70. The summed E-state index contributed by atoms with van der Waals surface area (Å²) in [6.45, 7) is 10.9. The van der Waals surface area contributed by atoms with Crippen LogP contribution in [0, 0.1) is 0 Å². The molecule has 0 radical (unpaired) electrons. The van der Waals surface area contributed by atoms with E-state index in [9.17, 15) is 9.90 Å². The zero-order valence-electron chi connectivity index (χ0n) is 10.3. The molecule has 2 unspecified atom stereocenters. The lowest BCUT2D eigenvalue weighted by atomic mass is 10.0. The molecule has 0 aromatic rings. The maximum atomic E-state index is 10.5. The summed E-state index contributed by atoms with van der Waals surface area (Å²) in [5.41, 5.74) is 5.65. The van der Waals surface area contributed by atoms with Gasteiger partial charge in [0.1, 0.15) is 12.1 Å². The minimum absolute atomic E-state index is 0.375. The van der Waals surface area contributed by atoms with E-state index in [0.717, 1.165) is 0 Å². The number of hydrogen-bond acceptors (Lipinski definition) is 3. The van der Waals surface area contributed by atoms with Gasteiger partial charge in [-0.3, -0.25) is 4.79 Å². The summed E-state index contributed by atoms with van der Waals surface area (Å²) in [5.74, 6) is -1.26. The minimum atomic E-state index is -1.36. The summed E-state index contributed by atoms with van der Waals surface area (Å²) >= 11 is 0. The van der Waals surface area contributed by atoms with Crippen LogP contribution in [0.4, 0.5) is 0 Å². The molecule has 0 saturated carbocycles. The summed E-state index contributed by atoms with van der Waals surface area (Å²) in [4.78, 5) is 10.5. The monoisotopic (exact) mass is 239 g/mol. The van der Waals surface area contributed by atoms with E-state index >= 15 is 0 Å². The molecule has 0 aliphatic carbocycles. The minimum Gasteiger partial charge on any atom is -0.480 e. The van der Waals surface area contributed by atoms with Crippen molar-refractivity contribution >= 4 is 5.97 Å². The number of hydrogen-bond donors (Lipinski definition) is 3. The van der Waals surface area contributed by atoms with E-state index in [2.05, 4.69) is 13.2 Å². The maximum Gasteiger partial charge on any atom is 0.323 e. The molecule has 4 N–H and O–H groups in total. The van der Waals surface area contributed by atoms with E-state index < -0.39 is 18.1 Å². The third-order valence-electron chi connectivity index (χ3n) is 1.70. The van der Waals surface area contributed by atoms with E-state index in [1.165, 1.54) is 24.3 Å². The van der Waals surface area contributed by atoms with Gasteiger partial charge in [0.05, 0.1) is 0 Å². The van der Waals surface area contributed by atoms with Crippen LogP contribution >= 0.6 is 0 Å². The second kappa shape index (κ2) is 10.9. The first-order chi connectivity index (χ1) is 8.04. The van der Waals surface area contributed by atoms with Crippen molar-refractivity contribution in [2.24, 2.45) is 5.73 Å². The fourth-order valence-corrected chi connectivity index (χ4v) is 0.910. The summed E-state index contributed by atoms with van der Waals surface area (Å²) in [7, 11) is 0. The molecule has 17 heavy (non-hydrogen) atoms. The Bertz CT molecular complexity index is 306. The van der Waals surface area contributed by atoms with Gasteiger partial charge in [0.2, 0.25) is 0 Å². The van der Waals surface area contributed by atoms with Crippen LogP contribution in [0.2, 0.25) is 0 Å². The fourth-order valence-electron chi connectivity index (χ4n) is 0.910. The van der Waals surface area contributed by atoms with Gasteiger partial charge in [0.15, 0.2) is 0 Å². The Morgan fingerprint density at radius 3 is 2.18 bits per heavy atom. The van der Waals surface area contributed by atoms with Crippen molar-refractivity contribution in [1.29, 1.82) is 0 Å². The molecule has 0 rings (SSSR count). The van der Waals surface area contributed by atoms with Crippen molar-refractivity contribution in [3.05, 3.63) is 49.1 Å². The van der Waals surface area contributed by atoms with Gasteiger partial charge in [0, 0.05) is 0 Å². The van der Waals surface area contributed by atoms with Crippen LogP contribution in [0.5, 0.6) is 0 Å². The standard InChI is InChI=1S/C11H15NO3.C2H6/c1-3-5-7-8(6-4-2)10(13)9(12)11(14)15;1-2/h3-7,9-10,13H,1-2,12H2,(H,14,15);1-2H3/b7-5-,8-6+;. The Balaban J connectivity index is 0.